The Hall–Kier alpha value is -3.14. The number of para-hydroxylation sites is 1. The minimum atomic E-state index is -0.182. The largest absolute Gasteiger partial charge is 0.354 e. The van der Waals surface area contributed by atoms with Crippen molar-refractivity contribution in [1.82, 2.24) is 4.98 Å². The Morgan fingerprint density at radius 2 is 1.61 bits per heavy atom. The second-order valence-electron chi connectivity index (χ2n) is 5.27. The molecule has 0 saturated carbocycles. The molecule has 114 valence electrons. The number of carbonyl (C=O) groups is 1. The van der Waals surface area contributed by atoms with Crippen molar-refractivity contribution in [3.8, 4) is 0 Å². The van der Waals surface area contributed by atoms with Gasteiger partial charge in [-0.1, -0.05) is 35.9 Å². The van der Waals surface area contributed by atoms with Crippen molar-refractivity contribution in [1.29, 1.82) is 0 Å². The summed E-state index contributed by atoms with van der Waals surface area (Å²) in [5.74, 6) is -0.182. The number of rotatable bonds is 4. The lowest BCUT2D eigenvalue weighted by atomic mass is 10.2. The Bertz CT molecular complexity index is 798. The molecule has 1 aromatic heterocycles. The van der Waals surface area contributed by atoms with E-state index in [0.29, 0.717) is 5.56 Å². The summed E-state index contributed by atoms with van der Waals surface area (Å²) in [6, 6.07) is 19.2. The Morgan fingerprint density at radius 1 is 0.870 bits per heavy atom. The van der Waals surface area contributed by atoms with Gasteiger partial charge in [0.2, 0.25) is 0 Å². The second kappa shape index (κ2) is 6.75. The van der Waals surface area contributed by atoms with Crippen LogP contribution in [0.5, 0.6) is 0 Å². The van der Waals surface area contributed by atoms with Crippen LogP contribution in [0, 0.1) is 6.92 Å². The second-order valence-corrected chi connectivity index (χ2v) is 5.27. The first-order valence-corrected chi connectivity index (χ1v) is 7.36. The topological polar surface area (TPSA) is 54.0 Å². The van der Waals surface area contributed by atoms with Gasteiger partial charge >= 0.3 is 0 Å². The minimum Gasteiger partial charge on any atom is -0.354 e. The number of amides is 1. The first kappa shape index (κ1) is 14.8. The highest BCUT2D eigenvalue weighted by Gasteiger charge is 2.07. The van der Waals surface area contributed by atoms with Gasteiger partial charge in [-0.25, -0.2) is 0 Å². The molecule has 0 aliphatic carbocycles. The molecule has 1 heterocycles. The smallest absolute Gasteiger partial charge is 0.257 e. The van der Waals surface area contributed by atoms with Crippen molar-refractivity contribution in [3.63, 3.8) is 0 Å². The molecular formula is C19H17N3O. The van der Waals surface area contributed by atoms with Crippen molar-refractivity contribution < 1.29 is 4.79 Å². The van der Waals surface area contributed by atoms with Crippen LogP contribution < -0.4 is 10.6 Å². The third-order valence-electron chi connectivity index (χ3n) is 3.37. The van der Waals surface area contributed by atoms with Crippen LogP contribution in [0.2, 0.25) is 0 Å². The van der Waals surface area contributed by atoms with Crippen LogP contribution in [-0.2, 0) is 0 Å². The summed E-state index contributed by atoms with van der Waals surface area (Å²) in [4.78, 5) is 16.5. The number of aromatic nitrogens is 1. The van der Waals surface area contributed by atoms with Gasteiger partial charge in [0.25, 0.3) is 5.91 Å². The van der Waals surface area contributed by atoms with Gasteiger partial charge in [-0.05, 0) is 37.3 Å². The molecule has 0 aliphatic rings. The quantitative estimate of drug-likeness (QED) is 0.751. The maximum Gasteiger partial charge on any atom is 0.257 e. The summed E-state index contributed by atoms with van der Waals surface area (Å²) in [5.41, 5.74) is 4.14. The molecule has 4 heteroatoms. The van der Waals surface area contributed by atoms with Gasteiger partial charge in [-0.15, -0.1) is 0 Å². The van der Waals surface area contributed by atoms with Crippen LogP contribution in [-0.4, -0.2) is 10.9 Å². The Morgan fingerprint density at radius 3 is 2.35 bits per heavy atom. The predicted molar refractivity (Wildman–Crippen MR) is 93.1 cm³/mol. The van der Waals surface area contributed by atoms with Crippen molar-refractivity contribution in [2.24, 2.45) is 0 Å². The number of hydrogen-bond donors (Lipinski definition) is 2. The number of anilines is 3. The number of hydrogen-bond acceptors (Lipinski definition) is 3. The Balaban J connectivity index is 1.73. The van der Waals surface area contributed by atoms with Gasteiger partial charge in [-0.3, -0.25) is 9.78 Å². The lowest BCUT2D eigenvalue weighted by Crippen LogP contribution is -2.12. The van der Waals surface area contributed by atoms with E-state index in [2.05, 4.69) is 15.6 Å². The van der Waals surface area contributed by atoms with Crippen LogP contribution in [0.3, 0.4) is 0 Å². The maximum atomic E-state index is 12.3. The van der Waals surface area contributed by atoms with Crippen LogP contribution in [0.4, 0.5) is 17.1 Å². The summed E-state index contributed by atoms with van der Waals surface area (Å²) in [7, 11) is 0. The first-order chi connectivity index (χ1) is 11.2. The summed E-state index contributed by atoms with van der Waals surface area (Å²) in [5, 5.41) is 6.10. The lowest BCUT2D eigenvalue weighted by molar-refractivity contribution is 0.102. The third kappa shape index (κ3) is 3.95. The van der Waals surface area contributed by atoms with E-state index in [9.17, 15) is 4.79 Å². The molecule has 0 radical (unpaired) electrons. The number of nitrogens with one attached hydrogen (secondary N) is 2. The number of benzene rings is 2. The van der Waals surface area contributed by atoms with E-state index in [1.807, 2.05) is 61.5 Å². The molecule has 0 fully saturated rings. The first-order valence-electron chi connectivity index (χ1n) is 7.36. The normalized spacial score (nSPS) is 10.1. The molecule has 0 spiro atoms. The summed E-state index contributed by atoms with van der Waals surface area (Å²) in [6.07, 6.45) is 3.25. The molecule has 2 aromatic carbocycles. The zero-order valence-corrected chi connectivity index (χ0v) is 12.8. The zero-order chi connectivity index (χ0) is 16.1. The number of pyridine rings is 1. The molecule has 1 amide bonds. The van der Waals surface area contributed by atoms with E-state index in [-0.39, 0.29) is 5.91 Å². The van der Waals surface area contributed by atoms with E-state index in [1.54, 1.807) is 18.5 Å². The van der Waals surface area contributed by atoms with Gasteiger partial charge in [0.05, 0.1) is 17.4 Å². The highest BCUT2D eigenvalue weighted by Crippen LogP contribution is 2.17. The van der Waals surface area contributed by atoms with Crippen molar-refractivity contribution in [2.45, 2.75) is 6.92 Å². The molecule has 0 aliphatic heterocycles. The highest BCUT2D eigenvalue weighted by atomic mass is 16.1. The minimum absolute atomic E-state index is 0.182. The predicted octanol–water partition coefficient (Wildman–Crippen LogP) is 4.39. The lowest BCUT2D eigenvalue weighted by Gasteiger charge is -2.09. The monoisotopic (exact) mass is 303 g/mol. The van der Waals surface area contributed by atoms with E-state index in [4.69, 9.17) is 0 Å². The molecule has 0 unspecified atom stereocenters. The average Bonchev–Trinajstić information content (AvgIpc) is 2.58. The molecule has 4 nitrogen and oxygen atoms in total. The Labute approximate surface area is 135 Å². The average molecular weight is 303 g/mol. The molecule has 0 atom stereocenters. The molecular weight excluding hydrogens is 286 g/mol. The van der Waals surface area contributed by atoms with E-state index in [1.165, 1.54) is 0 Å². The van der Waals surface area contributed by atoms with Gasteiger partial charge in [0.15, 0.2) is 0 Å². The fourth-order valence-electron chi connectivity index (χ4n) is 2.16. The highest BCUT2D eigenvalue weighted by molar-refractivity contribution is 6.04. The van der Waals surface area contributed by atoms with Crippen LogP contribution >= 0.6 is 0 Å². The van der Waals surface area contributed by atoms with Crippen molar-refractivity contribution in [3.05, 3.63) is 84.2 Å². The van der Waals surface area contributed by atoms with Gasteiger partial charge in [0.1, 0.15) is 0 Å². The molecule has 2 N–H and O–H groups in total. The fourth-order valence-corrected chi connectivity index (χ4v) is 2.16. The summed E-state index contributed by atoms with van der Waals surface area (Å²) < 4.78 is 0. The van der Waals surface area contributed by atoms with Crippen molar-refractivity contribution in [2.75, 3.05) is 10.6 Å². The van der Waals surface area contributed by atoms with Gasteiger partial charge in [0, 0.05) is 17.6 Å². The number of nitrogens with zero attached hydrogens (tertiary/aromatic N) is 1. The Kier molecular flexibility index (Phi) is 4.34. The zero-order valence-electron chi connectivity index (χ0n) is 12.8. The molecule has 23 heavy (non-hydrogen) atoms. The van der Waals surface area contributed by atoms with E-state index in [0.717, 1.165) is 22.6 Å². The third-order valence-corrected chi connectivity index (χ3v) is 3.37. The SMILES string of the molecule is Cc1ccc(NC(=O)c2cncc(Nc3ccccc3)c2)cc1. The fraction of sp³-hybridized carbons (Fsp3) is 0.0526. The van der Waals surface area contributed by atoms with Crippen molar-refractivity contribution >= 4 is 23.0 Å². The summed E-state index contributed by atoms with van der Waals surface area (Å²) in [6.45, 7) is 2.01. The van der Waals surface area contributed by atoms with Crippen LogP contribution in [0.1, 0.15) is 15.9 Å². The van der Waals surface area contributed by atoms with Gasteiger partial charge in [-0.2, -0.15) is 0 Å². The molecule has 3 aromatic rings. The number of carbonyl (C=O) groups excluding carboxylic acids is 1. The van der Waals surface area contributed by atoms with Crippen LogP contribution in [0.25, 0.3) is 0 Å². The van der Waals surface area contributed by atoms with Crippen LogP contribution in [0.15, 0.2) is 73.1 Å². The molecule has 0 saturated heterocycles. The maximum absolute atomic E-state index is 12.3. The van der Waals surface area contributed by atoms with Gasteiger partial charge < -0.3 is 10.6 Å². The molecule has 0 bridgehead atoms. The van der Waals surface area contributed by atoms with E-state index < -0.39 is 0 Å². The number of aryl methyl sites for hydroxylation is 1. The van der Waals surface area contributed by atoms with E-state index >= 15 is 0 Å². The standard InChI is InChI=1S/C19H17N3O/c1-14-7-9-17(10-8-14)22-19(23)15-11-18(13-20-12-15)21-16-5-3-2-4-6-16/h2-13,21H,1H3,(H,22,23). The summed E-state index contributed by atoms with van der Waals surface area (Å²) >= 11 is 0. The molecule has 3 rings (SSSR count).